The van der Waals surface area contributed by atoms with Gasteiger partial charge in [0, 0.05) is 18.0 Å². The molecule has 14 nitrogen and oxygen atoms in total. The maximum absolute atomic E-state index is 12.0. The van der Waals surface area contributed by atoms with Crippen molar-refractivity contribution >= 4 is 76.7 Å². The van der Waals surface area contributed by atoms with Gasteiger partial charge in [-0.25, -0.2) is 9.97 Å². The second kappa shape index (κ2) is 15.9. The molecule has 0 unspecified atom stereocenters. The van der Waals surface area contributed by atoms with E-state index in [-0.39, 0.29) is 44.2 Å². The summed E-state index contributed by atoms with van der Waals surface area (Å²) < 4.78 is 101. The zero-order valence-electron chi connectivity index (χ0n) is 31.6. The van der Waals surface area contributed by atoms with Crippen molar-refractivity contribution < 1.29 is 68.5 Å². The van der Waals surface area contributed by atoms with E-state index in [0.29, 0.717) is 83.8 Å². The molecule has 6 heterocycles. The smallest absolute Gasteiger partial charge is 0.657 e. The van der Waals surface area contributed by atoms with Crippen LogP contribution in [-0.2, 0) is 30.4 Å². The van der Waals surface area contributed by atoms with E-state index >= 15 is 0 Å². The third kappa shape index (κ3) is 8.18. The topological polar surface area (TPSA) is 230 Å². The van der Waals surface area contributed by atoms with E-state index in [1.807, 2.05) is 24.3 Å². The minimum Gasteiger partial charge on any atom is -0.657 e. The minimum absolute atomic E-state index is 0. The fraction of sp³-hybridized carbons (Fsp3) is 0. The molecule has 2 aliphatic rings. The summed E-state index contributed by atoms with van der Waals surface area (Å²) in [6.07, 6.45) is 10.3. The number of rotatable bonds is 7. The summed E-state index contributed by atoms with van der Waals surface area (Å²) in [6, 6.07) is 27.7. The normalized spacial score (nSPS) is 12.6. The van der Waals surface area contributed by atoms with Crippen molar-refractivity contribution in [2.24, 2.45) is 0 Å². The summed E-state index contributed by atoms with van der Waals surface area (Å²) >= 11 is 0. The quantitative estimate of drug-likeness (QED) is 0.145. The first-order valence-electron chi connectivity index (χ1n) is 17.8. The maximum Gasteiger partial charge on any atom is 1.00 e. The predicted octanol–water partition coefficient (Wildman–Crippen LogP) is 4.72. The minimum atomic E-state index is -4.52. The van der Waals surface area contributed by atoms with Crippen molar-refractivity contribution in [2.45, 2.75) is 14.7 Å². The van der Waals surface area contributed by atoms with Gasteiger partial charge < -0.3 is 9.97 Å². The summed E-state index contributed by atoms with van der Waals surface area (Å²) in [5.74, 6) is 0. The molecule has 0 amide bonds. The van der Waals surface area contributed by atoms with Gasteiger partial charge in [0.2, 0.25) is 0 Å². The first-order valence-corrected chi connectivity index (χ1v) is 22.1. The van der Waals surface area contributed by atoms with E-state index in [4.69, 9.17) is 19.9 Å². The Kier molecular flexibility index (Phi) is 10.9. The zero-order valence-corrected chi connectivity index (χ0v) is 36.1. The molecule has 298 valence electrons. The molecule has 9 rings (SSSR count). The Bertz CT molecular complexity index is 3310. The molecule has 0 radical (unpaired) electrons. The van der Waals surface area contributed by atoms with Crippen LogP contribution in [0.15, 0.2) is 136 Å². The standard InChI is InChI=1S/C43H27N5O9S3.Na/c49-58(50,51)29-7-1-25(2-8-29)40-32-13-15-34(45-32)41(26-3-9-30(10-4-26)59(52,53)54)36-17-19-38(47-36)43(28-21-23-44-24-22-28)39-20-18-37(48-39)42(35-16-14-33(40)46-35)27-5-11-31(12-6-27)60(55,56)57;/h1-24H,(H,49,50,51)(H,52,53,54)(H,55,56,57);/q-2;+1. The van der Waals surface area contributed by atoms with Crippen LogP contribution in [0.2, 0.25) is 0 Å². The first kappa shape index (κ1) is 41.9. The maximum atomic E-state index is 12.0. The van der Waals surface area contributed by atoms with E-state index in [0.717, 1.165) is 5.56 Å². The van der Waals surface area contributed by atoms with Gasteiger partial charge in [-0.1, -0.05) is 60.7 Å². The molecule has 7 aromatic rings. The number of hydrogen-bond donors (Lipinski definition) is 3. The molecule has 3 N–H and O–H groups in total. The largest absolute Gasteiger partial charge is 1.00 e. The number of benzene rings is 3. The zero-order chi connectivity index (χ0) is 42.0. The summed E-state index contributed by atoms with van der Waals surface area (Å²) in [4.78, 5) is 23.6. The van der Waals surface area contributed by atoms with E-state index in [2.05, 4.69) is 4.98 Å². The van der Waals surface area contributed by atoms with E-state index in [1.165, 1.54) is 48.5 Å². The van der Waals surface area contributed by atoms with Crippen molar-refractivity contribution in [1.82, 2.24) is 24.9 Å². The monoisotopic (exact) mass is 876 g/mol. The first-order chi connectivity index (χ1) is 28.6. The van der Waals surface area contributed by atoms with Crippen LogP contribution in [0.4, 0.5) is 0 Å². The molecule has 0 fully saturated rings. The Morgan fingerprint density at radius 2 is 0.639 bits per heavy atom. The van der Waals surface area contributed by atoms with Gasteiger partial charge in [-0.2, -0.15) is 25.3 Å². The van der Waals surface area contributed by atoms with Crippen LogP contribution in [0.5, 0.6) is 0 Å². The Morgan fingerprint density at radius 1 is 0.361 bits per heavy atom. The van der Waals surface area contributed by atoms with Crippen LogP contribution in [-0.4, -0.2) is 53.9 Å². The van der Waals surface area contributed by atoms with Gasteiger partial charge in [0.15, 0.2) is 0 Å². The number of aromatic nitrogens is 5. The molecule has 0 aliphatic carbocycles. The molecular weight excluding hydrogens is 850 g/mol. The summed E-state index contributed by atoms with van der Waals surface area (Å²) in [6.45, 7) is 0. The second-order valence-electron chi connectivity index (χ2n) is 13.6. The van der Waals surface area contributed by atoms with Gasteiger partial charge in [0.1, 0.15) is 0 Å². The van der Waals surface area contributed by atoms with Crippen molar-refractivity contribution in [3.63, 3.8) is 0 Å². The Labute approximate surface area is 371 Å². The van der Waals surface area contributed by atoms with Gasteiger partial charge in [0.25, 0.3) is 30.4 Å². The van der Waals surface area contributed by atoms with Crippen LogP contribution in [0.25, 0.3) is 90.9 Å². The third-order valence-electron chi connectivity index (χ3n) is 9.90. The molecule has 3 aromatic carbocycles. The van der Waals surface area contributed by atoms with Crippen LogP contribution >= 0.6 is 0 Å². The fourth-order valence-electron chi connectivity index (χ4n) is 7.17. The van der Waals surface area contributed by atoms with Gasteiger partial charge in [-0.3, -0.25) is 18.6 Å². The molecule has 2 aliphatic heterocycles. The summed E-state index contributed by atoms with van der Waals surface area (Å²) in [5, 5.41) is 0. The van der Waals surface area contributed by atoms with E-state index in [1.54, 1.807) is 73.1 Å². The third-order valence-corrected chi connectivity index (χ3v) is 12.5. The van der Waals surface area contributed by atoms with Crippen molar-refractivity contribution in [1.29, 1.82) is 0 Å². The predicted molar refractivity (Wildman–Crippen MR) is 226 cm³/mol. The van der Waals surface area contributed by atoms with Gasteiger partial charge in [-0.15, -0.1) is 22.1 Å². The average molecular weight is 877 g/mol. The molecule has 0 spiro atoms. The molecule has 0 saturated heterocycles. The van der Waals surface area contributed by atoms with Gasteiger partial charge in [0.05, 0.1) is 37.5 Å². The van der Waals surface area contributed by atoms with E-state index < -0.39 is 30.4 Å². The average Bonchev–Trinajstić information content (AvgIpc) is 4.06. The molecule has 0 saturated carbocycles. The SMILES string of the molecule is O=S(=O)(O)c1ccc(-c2c3nc(c(-c4ccc(S(=O)(=O)O)cc4)c4ccc([n-]4)c(-c4ccncc4)c4ccc([n-]4)c(-c4ccc(S(=O)(=O)O)cc4)c4nc2C=C4)C=C3)cc1.[Na+]. The van der Waals surface area contributed by atoms with Crippen LogP contribution < -0.4 is 39.5 Å². The second-order valence-corrected chi connectivity index (χ2v) is 17.9. The number of hydrogen-bond acceptors (Lipinski definition) is 9. The van der Waals surface area contributed by atoms with E-state index in [9.17, 15) is 38.9 Å². The number of pyridine rings is 1. The van der Waals surface area contributed by atoms with Crippen LogP contribution in [0.3, 0.4) is 0 Å². The molecule has 4 aromatic heterocycles. The Balaban J connectivity index is 0.00000514. The van der Waals surface area contributed by atoms with Crippen molar-refractivity contribution in [3.05, 3.63) is 144 Å². The van der Waals surface area contributed by atoms with Gasteiger partial charge >= 0.3 is 29.6 Å². The molecule has 0 atom stereocenters. The molecular formula is C43H27N5NaO9S3-. The Hall–Kier alpha value is -5.86. The Morgan fingerprint density at radius 3 is 0.967 bits per heavy atom. The number of nitrogens with zero attached hydrogens (tertiary/aromatic N) is 5. The van der Waals surface area contributed by atoms with Crippen LogP contribution in [0, 0.1) is 0 Å². The fourth-order valence-corrected chi connectivity index (χ4v) is 8.61. The van der Waals surface area contributed by atoms with Crippen molar-refractivity contribution in [2.75, 3.05) is 0 Å². The molecule has 18 heteroatoms. The molecule has 61 heavy (non-hydrogen) atoms. The summed E-state index contributed by atoms with van der Waals surface area (Å²) in [7, 11) is -13.5. The molecule has 8 bridgehead atoms. The summed E-state index contributed by atoms with van der Waals surface area (Å²) in [5.41, 5.74) is 8.19. The van der Waals surface area contributed by atoms with Crippen molar-refractivity contribution in [3.8, 4) is 44.5 Å². The van der Waals surface area contributed by atoms with Crippen LogP contribution in [0.1, 0.15) is 22.8 Å². The number of fused-ring (bicyclic) bond motifs is 8. The van der Waals surface area contributed by atoms with Gasteiger partial charge in [-0.05, 0) is 112 Å².